The molecule has 1 fully saturated rings. The SMILES string of the molecule is COc1cc(C(=O)O[C@@H]2C[C@H](C)CC[C@H]2C(C)C)c(OC)c2ccccc12. The van der Waals surface area contributed by atoms with Crippen LogP contribution in [0.5, 0.6) is 11.5 Å². The minimum absolute atomic E-state index is 0.0524. The molecule has 0 unspecified atom stereocenters. The van der Waals surface area contributed by atoms with Crippen LogP contribution in [-0.4, -0.2) is 26.3 Å². The van der Waals surface area contributed by atoms with Crippen molar-refractivity contribution in [1.29, 1.82) is 0 Å². The van der Waals surface area contributed by atoms with Crippen molar-refractivity contribution in [2.24, 2.45) is 17.8 Å². The van der Waals surface area contributed by atoms with E-state index in [0.29, 0.717) is 34.8 Å². The molecule has 0 radical (unpaired) electrons. The van der Waals surface area contributed by atoms with Crippen molar-refractivity contribution in [2.45, 2.75) is 46.1 Å². The van der Waals surface area contributed by atoms with E-state index in [4.69, 9.17) is 14.2 Å². The van der Waals surface area contributed by atoms with Crippen LogP contribution in [0.2, 0.25) is 0 Å². The average molecular weight is 370 g/mol. The highest BCUT2D eigenvalue weighted by Crippen LogP contribution is 2.39. The molecule has 3 rings (SSSR count). The number of rotatable bonds is 5. The largest absolute Gasteiger partial charge is 0.496 e. The van der Waals surface area contributed by atoms with Gasteiger partial charge in [0.2, 0.25) is 0 Å². The quantitative estimate of drug-likeness (QED) is 0.654. The van der Waals surface area contributed by atoms with Gasteiger partial charge < -0.3 is 14.2 Å². The number of hydrogen-bond acceptors (Lipinski definition) is 4. The highest BCUT2D eigenvalue weighted by molar-refractivity contribution is 6.04. The number of methoxy groups -OCH3 is 2. The summed E-state index contributed by atoms with van der Waals surface area (Å²) in [4.78, 5) is 13.1. The standard InChI is InChI=1S/C23H30O4/c1-14(2)16-11-10-15(3)12-21(16)27-23(24)19-13-20(25-4)17-8-6-7-9-18(17)22(19)26-5/h6-9,13-16,21H,10-12H2,1-5H3/t15-,16+,21-/m1/s1. The highest BCUT2D eigenvalue weighted by Gasteiger charge is 2.34. The maximum atomic E-state index is 13.1. The lowest BCUT2D eigenvalue weighted by molar-refractivity contribution is -0.0176. The second-order valence-corrected chi connectivity index (χ2v) is 7.98. The number of ether oxygens (including phenoxy) is 3. The number of fused-ring (bicyclic) bond motifs is 1. The van der Waals surface area contributed by atoms with Gasteiger partial charge in [-0.05, 0) is 36.7 Å². The molecule has 2 aromatic rings. The van der Waals surface area contributed by atoms with E-state index in [-0.39, 0.29) is 12.1 Å². The van der Waals surface area contributed by atoms with Crippen LogP contribution >= 0.6 is 0 Å². The first-order valence-electron chi connectivity index (χ1n) is 9.81. The number of carbonyl (C=O) groups excluding carboxylic acids is 1. The zero-order valence-electron chi connectivity index (χ0n) is 17.0. The fourth-order valence-electron chi connectivity index (χ4n) is 4.31. The summed E-state index contributed by atoms with van der Waals surface area (Å²) in [5, 5.41) is 1.77. The van der Waals surface area contributed by atoms with Gasteiger partial charge in [-0.3, -0.25) is 0 Å². The van der Waals surface area contributed by atoms with Gasteiger partial charge in [0, 0.05) is 10.8 Å². The van der Waals surface area contributed by atoms with Crippen LogP contribution in [0.1, 0.15) is 50.4 Å². The minimum Gasteiger partial charge on any atom is -0.496 e. The molecule has 0 aromatic heterocycles. The third-order valence-electron chi connectivity index (χ3n) is 5.82. The van der Waals surface area contributed by atoms with Crippen molar-refractivity contribution < 1.29 is 19.0 Å². The van der Waals surface area contributed by atoms with Gasteiger partial charge in [-0.15, -0.1) is 0 Å². The maximum Gasteiger partial charge on any atom is 0.342 e. The Morgan fingerprint density at radius 2 is 1.78 bits per heavy atom. The number of esters is 1. The van der Waals surface area contributed by atoms with E-state index in [9.17, 15) is 4.79 Å². The molecule has 4 nitrogen and oxygen atoms in total. The first-order chi connectivity index (χ1) is 13.0. The molecule has 2 aromatic carbocycles. The van der Waals surface area contributed by atoms with E-state index in [1.165, 1.54) is 6.42 Å². The molecule has 0 heterocycles. The van der Waals surface area contributed by atoms with Gasteiger partial charge in [-0.1, -0.05) is 51.5 Å². The lowest BCUT2D eigenvalue weighted by Gasteiger charge is -2.36. The normalized spacial score (nSPS) is 22.7. The molecule has 0 spiro atoms. The Hall–Kier alpha value is -2.23. The van der Waals surface area contributed by atoms with Crippen molar-refractivity contribution >= 4 is 16.7 Å². The first kappa shape index (κ1) is 19.5. The minimum atomic E-state index is -0.333. The van der Waals surface area contributed by atoms with Gasteiger partial charge in [0.15, 0.2) is 0 Å². The van der Waals surface area contributed by atoms with Gasteiger partial charge in [0.1, 0.15) is 23.2 Å². The summed E-state index contributed by atoms with van der Waals surface area (Å²) in [6.07, 6.45) is 3.17. The molecule has 0 saturated heterocycles. The summed E-state index contributed by atoms with van der Waals surface area (Å²) in [5.41, 5.74) is 0.425. The fourth-order valence-corrected chi connectivity index (χ4v) is 4.31. The third-order valence-corrected chi connectivity index (χ3v) is 5.82. The zero-order valence-corrected chi connectivity index (χ0v) is 17.0. The molecule has 0 N–H and O–H groups in total. The van der Waals surface area contributed by atoms with Crippen LogP contribution in [0.25, 0.3) is 10.8 Å². The zero-order chi connectivity index (χ0) is 19.6. The topological polar surface area (TPSA) is 44.8 Å². The Morgan fingerprint density at radius 3 is 2.41 bits per heavy atom. The predicted octanol–water partition coefficient (Wildman–Crippen LogP) is 5.47. The summed E-state index contributed by atoms with van der Waals surface area (Å²) < 4.78 is 17.2. The molecule has 4 heteroatoms. The molecule has 146 valence electrons. The lowest BCUT2D eigenvalue weighted by Crippen LogP contribution is -2.36. The monoisotopic (exact) mass is 370 g/mol. The Morgan fingerprint density at radius 1 is 1.07 bits per heavy atom. The summed E-state index contributed by atoms with van der Waals surface area (Å²) in [5.74, 6) is 2.32. The van der Waals surface area contributed by atoms with Crippen LogP contribution in [0.15, 0.2) is 30.3 Å². The molecule has 3 atom stereocenters. The molecule has 1 aliphatic carbocycles. The Kier molecular flexibility index (Phi) is 5.93. The number of benzene rings is 2. The van der Waals surface area contributed by atoms with Gasteiger partial charge in [0.25, 0.3) is 0 Å². The van der Waals surface area contributed by atoms with Crippen molar-refractivity contribution in [3.8, 4) is 11.5 Å². The summed E-state index contributed by atoms with van der Waals surface area (Å²) in [6.45, 7) is 6.65. The fraction of sp³-hybridized carbons (Fsp3) is 0.522. The lowest BCUT2D eigenvalue weighted by atomic mass is 9.75. The molecular formula is C23H30O4. The van der Waals surface area contributed by atoms with Gasteiger partial charge in [0.05, 0.1) is 14.2 Å². The molecule has 0 amide bonds. The van der Waals surface area contributed by atoms with Crippen LogP contribution in [0.3, 0.4) is 0 Å². The van der Waals surface area contributed by atoms with Crippen LogP contribution in [-0.2, 0) is 4.74 Å². The first-order valence-corrected chi connectivity index (χ1v) is 9.81. The maximum absolute atomic E-state index is 13.1. The molecule has 0 aliphatic heterocycles. The van der Waals surface area contributed by atoms with Crippen molar-refractivity contribution in [3.05, 3.63) is 35.9 Å². The number of hydrogen-bond donors (Lipinski definition) is 0. The van der Waals surface area contributed by atoms with Crippen molar-refractivity contribution in [3.63, 3.8) is 0 Å². The predicted molar refractivity (Wildman–Crippen MR) is 108 cm³/mol. The van der Waals surface area contributed by atoms with Gasteiger partial charge in [-0.2, -0.15) is 0 Å². The van der Waals surface area contributed by atoms with Crippen LogP contribution in [0, 0.1) is 17.8 Å². The van der Waals surface area contributed by atoms with E-state index in [2.05, 4.69) is 20.8 Å². The summed E-state index contributed by atoms with van der Waals surface area (Å²) in [6, 6.07) is 9.51. The summed E-state index contributed by atoms with van der Waals surface area (Å²) in [7, 11) is 3.20. The Balaban J connectivity index is 1.97. The second-order valence-electron chi connectivity index (χ2n) is 7.98. The van der Waals surface area contributed by atoms with E-state index < -0.39 is 0 Å². The third kappa shape index (κ3) is 3.90. The van der Waals surface area contributed by atoms with E-state index in [0.717, 1.165) is 23.6 Å². The molecule has 27 heavy (non-hydrogen) atoms. The van der Waals surface area contributed by atoms with Crippen molar-refractivity contribution in [1.82, 2.24) is 0 Å². The van der Waals surface area contributed by atoms with Crippen LogP contribution < -0.4 is 9.47 Å². The van der Waals surface area contributed by atoms with E-state index in [1.807, 2.05) is 24.3 Å². The Labute approximate surface area is 161 Å². The summed E-state index contributed by atoms with van der Waals surface area (Å²) >= 11 is 0. The second kappa shape index (κ2) is 8.20. The molecule has 1 saturated carbocycles. The smallest absolute Gasteiger partial charge is 0.342 e. The highest BCUT2D eigenvalue weighted by atomic mass is 16.5. The van der Waals surface area contributed by atoms with Gasteiger partial charge >= 0.3 is 5.97 Å². The number of carbonyl (C=O) groups is 1. The molecular weight excluding hydrogens is 340 g/mol. The molecule has 0 bridgehead atoms. The average Bonchev–Trinajstić information content (AvgIpc) is 2.66. The van der Waals surface area contributed by atoms with Gasteiger partial charge in [-0.25, -0.2) is 4.79 Å². The van der Waals surface area contributed by atoms with E-state index in [1.54, 1.807) is 20.3 Å². The molecule has 1 aliphatic rings. The van der Waals surface area contributed by atoms with E-state index >= 15 is 0 Å². The Bertz CT molecular complexity index is 811. The van der Waals surface area contributed by atoms with Crippen molar-refractivity contribution in [2.75, 3.05) is 14.2 Å². The van der Waals surface area contributed by atoms with Crippen LogP contribution in [0.4, 0.5) is 0 Å².